The molecule has 1 heterocycles. The average molecular weight is 217 g/mol. The SMILES string of the molecule is CNc1ncnc2cc(C(=O)OC)ccc12. The summed E-state index contributed by atoms with van der Waals surface area (Å²) in [6.07, 6.45) is 1.45. The van der Waals surface area contributed by atoms with Crippen LogP contribution in [0.25, 0.3) is 10.9 Å². The van der Waals surface area contributed by atoms with Crippen molar-refractivity contribution in [2.45, 2.75) is 0 Å². The monoisotopic (exact) mass is 217 g/mol. The second kappa shape index (κ2) is 4.14. The van der Waals surface area contributed by atoms with Crippen LogP contribution in [-0.2, 0) is 4.74 Å². The predicted octanol–water partition coefficient (Wildman–Crippen LogP) is 1.46. The van der Waals surface area contributed by atoms with E-state index in [1.807, 2.05) is 0 Å². The van der Waals surface area contributed by atoms with Crippen LogP contribution in [0.5, 0.6) is 0 Å². The number of nitrogens with zero attached hydrogens (tertiary/aromatic N) is 2. The number of aromatic nitrogens is 2. The van der Waals surface area contributed by atoms with Crippen molar-refractivity contribution in [3.05, 3.63) is 30.1 Å². The third-order valence-electron chi connectivity index (χ3n) is 2.29. The molecule has 2 rings (SSSR count). The van der Waals surface area contributed by atoms with Gasteiger partial charge in [-0.05, 0) is 18.2 Å². The van der Waals surface area contributed by atoms with Gasteiger partial charge in [0.25, 0.3) is 0 Å². The molecule has 1 aromatic heterocycles. The van der Waals surface area contributed by atoms with Crippen molar-refractivity contribution in [1.29, 1.82) is 0 Å². The van der Waals surface area contributed by atoms with Gasteiger partial charge in [0.05, 0.1) is 18.2 Å². The summed E-state index contributed by atoms with van der Waals surface area (Å²) in [5.41, 5.74) is 1.19. The van der Waals surface area contributed by atoms with E-state index in [9.17, 15) is 4.79 Å². The second-order valence-corrected chi connectivity index (χ2v) is 3.20. The third kappa shape index (κ3) is 1.67. The molecule has 0 unspecified atom stereocenters. The Kier molecular flexibility index (Phi) is 2.68. The van der Waals surface area contributed by atoms with E-state index in [2.05, 4.69) is 20.0 Å². The molecule has 0 amide bonds. The van der Waals surface area contributed by atoms with Crippen molar-refractivity contribution < 1.29 is 9.53 Å². The number of carbonyl (C=O) groups excluding carboxylic acids is 1. The standard InChI is InChI=1S/C11H11N3O2/c1-12-10-8-4-3-7(11(15)16-2)5-9(8)13-6-14-10/h3-6H,1-2H3,(H,12,13,14). The van der Waals surface area contributed by atoms with E-state index in [4.69, 9.17) is 0 Å². The zero-order chi connectivity index (χ0) is 11.5. The van der Waals surface area contributed by atoms with Crippen molar-refractivity contribution in [2.75, 3.05) is 19.5 Å². The maximum absolute atomic E-state index is 11.3. The molecule has 0 aliphatic heterocycles. The topological polar surface area (TPSA) is 64.1 Å². The highest BCUT2D eigenvalue weighted by atomic mass is 16.5. The summed E-state index contributed by atoms with van der Waals surface area (Å²) in [4.78, 5) is 19.5. The Hall–Kier alpha value is -2.17. The van der Waals surface area contributed by atoms with Gasteiger partial charge >= 0.3 is 5.97 Å². The molecule has 0 spiro atoms. The Morgan fingerprint density at radius 2 is 2.19 bits per heavy atom. The lowest BCUT2D eigenvalue weighted by atomic mass is 10.1. The first-order chi connectivity index (χ1) is 7.76. The van der Waals surface area contributed by atoms with Crippen LogP contribution in [0, 0.1) is 0 Å². The number of hydrogen-bond donors (Lipinski definition) is 1. The number of rotatable bonds is 2. The van der Waals surface area contributed by atoms with Crippen LogP contribution in [0.2, 0.25) is 0 Å². The minimum Gasteiger partial charge on any atom is -0.465 e. The van der Waals surface area contributed by atoms with Gasteiger partial charge in [-0.1, -0.05) is 0 Å². The quantitative estimate of drug-likeness (QED) is 0.771. The van der Waals surface area contributed by atoms with E-state index in [1.165, 1.54) is 13.4 Å². The first-order valence-corrected chi connectivity index (χ1v) is 4.77. The minimum absolute atomic E-state index is 0.369. The highest BCUT2D eigenvalue weighted by Gasteiger charge is 2.08. The summed E-state index contributed by atoms with van der Waals surface area (Å²) in [5.74, 6) is 0.368. The largest absolute Gasteiger partial charge is 0.465 e. The predicted molar refractivity (Wildman–Crippen MR) is 60.4 cm³/mol. The summed E-state index contributed by atoms with van der Waals surface area (Å²) in [5, 5.41) is 3.84. The maximum atomic E-state index is 11.3. The van der Waals surface area contributed by atoms with Crippen LogP contribution in [0.15, 0.2) is 24.5 Å². The number of ether oxygens (including phenoxy) is 1. The molecule has 0 saturated carbocycles. The third-order valence-corrected chi connectivity index (χ3v) is 2.29. The number of fused-ring (bicyclic) bond motifs is 1. The van der Waals surface area contributed by atoms with Gasteiger partial charge in [-0.2, -0.15) is 0 Å². The Morgan fingerprint density at radius 3 is 2.88 bits per heavy atom. The highest BCUT2D eigenvalue weighted by molar-refractivity contribution is 5.97. The smallest absolute Gasteiger partial charge is 0.337 e. The molecule has 5 nitrogen and oxygen atoms in total. The van der Waals surface area contributed by atoms with Crippen LogP contribution in [-0.4, -0.2) is 30.1 Å². The van der Waals surface area contributed by atoms with Crippen LogP contribution < -0.4 is 5.32 Å². The fourth-order valence-corrected chi connectivity index (χ4v) is 1.50. The number of methoxy groups -OCH3 is 1. The second-order valence-electron chi connectivity index (χ2n) is 3.20. The average Bonchev–Trinajstić information content (AvgIpc) is 2.36. The van der Waals surface area contributed by atoms with Crippen molar-refractivity contribution >= 4 is 22.7 Å². The number of carbonyl (C=O) groups is 1. The van der Waals surface area contributed by atoms with Crippen molar-refractivity contribution in [2.24, 2.45) is 0 Å². The molecular weight excluding hydrogens is 206 g/mol. The van der Waals surface area contributed by atoms with E-state index >= 15 is 0 Å². The molecule has 0 saturated heterocycles. The van der Waals surface area contributed by atoms with E-state index in [0.29, 0.717) is 11.1 Å². The summed E-state index contributed by atoms with van der Waals surface area (Å²) in [7, 11) is 3.14. The number of hydrogen-bond acceptors (Lipinski definition) is 5. The molecule has 1 aromatic carbocycles. The minimum atomic E-state index is -0.369. The van der Waals surface area contributed by atoms with Gasteiger partial charge < -0.3 is 10.1 Å². The summed E-state index contributed by atoms with van der Waals surface area (Å²) >= 11 is 0. The lowest BCUT2D eigenvalue weighted by Crippen LogP contribution is -2.02. The van der Waals surface area contributed by atoms with E-state index in [-0.39, 0.29) is 5.97 Å². The molecule has 0 atom stereocenters. The van der Waals surface area contributed by atoms with E-state index < -0.39 is 0 Å². The molecule has 0 radical (unpaired) electrons. The van der Waals surface area contributed by atoms with Gasteiger partial charge in [-0.25, -0.2) is 14.8 Å². The van der Waals surface area contributed by atoms with Crippen LogP contribution >= 0.6 is 0 Å². The molecule has 2 aromatic rings. The molecule has 82 valence electrons. The molecule has 0 aliphatic rings. The van der Waals surface area contributed by atoms with Crippen molar-refractivity contribution in [3.8, 4) is 0 Å². The molecule has 0 bridgehead atoms. The van der Waals surface area contributed by atoms with Gasteiger partial charge in [0, 0.05) is 12.4 Å². The summed E-state index contributed by atoms with van der Waals surface area (Å²) in [6.45, 7) is 0. The lowest BCUT2D eigenvalue weighted by molar-refractivity contribution is 0.0601. The van der Waals surface area contributed by atoms with Gasteiger partial charge in [-0.3, -0.25) is 0 Å². The fourth-order valence-electron chi connectivity index (χ4n) is 1.50. The molecule has 16 heavy (non-hydrogen) atoms. The molecule has 1 N–H and O–H groups in total. The Labute approximate surface area is 92.5 Å². The molecule has 5 heteroatoms. The van der Waals surface area contributed by atoms with Crippen LogP contribution in [0.4, 0.5) is 5.82 Å². The van der Waals surface area contributed by atoms with Gasteiger partial charge in [-0.15, -0.1) is 0 Å². The zero-order valence-electron chi connectivity index (χ0n) is 9.02. The Balaban J connectivity index is 2.59. The van der Waals surface area contributed by atoms with Crippen molar-refractivity contribution in [3.63, 3.8) is 0 Å². The molecule has 0 fully saturated rings. The van der Waals surface area contributed by atoms with Crippen molar-refractivity contribution in [1.82, 2.24) is 9.97 Å². The lowest BCUT2D eigenvalue weighted by Gasteiger charge is -2.05. The summed E-state index contributed by atoms with van der Waals surface area (Å²) in [6, 6.07) is 5.18. The van der Waals surface area contributed by atoms with Crippen LogP contribution in [0.3, 0.4) is 0 Å². The molecular formula is C11H11N3O2. The highest BCUT2D eigenvalue weighted by Crippen LogP contribution is 2.20. The van der Waals surface area contributed by atoms with E-state index in [0.717, 1.165) is 11.2 Å². The number of anilines is 1. The van der Waals surface area contributed by atoms with Crippen LogP contribution in [0.1, 0.15) is 10.4 Å². The fraction of sp³-hybridized carbons (Fsp3) is 0.182. The Morgan fingerprint density at radius 1 is 1.38 bits per heavy atom. The molecule has 0 aliphatic carbocycles. The van der Waals surface area contributed by atoms with Gasteiger partial charge in [0.2, 0.25) is 0 Å². The first-order valence-electron chi connectivity index (χ1n) is 4.77. The maximum Gasteiger partial charge on any atom is 0.337 e. The summed E-state index contributed by atoms with van der Waals surface area (Å²) < 4.78 is 4.64. The Bertz CT molecular complexity index is 540. The van der Waals surface area contributed by atoms with Gasteiger partial charge in [0.1, 0.15) is 12.1 Å². The number of esters is 1. The first kappa shape index (κ1) is 10.4. The normalized spacial score (nSPS) is 10.1. The number of benzene rings is 1. The van der Waals surface area contributed by atoms with Gasteiger partial charge in [0.15, 0.2) is 0 Å². The number of nitrogens with one attached hydrogen (secondary N) is 1. The van der Waals surface area contributed by atoms with E-state index in [1.54, 1.807) is 25.2 Å². The zero-order valence-corrected chi connectivity index (χ0v) is 9.02.